The van der Waals surface area contributed by atoms with Crippen molar-refractivity contribution in [3.63, 3.8) is 0 Å². The lowest BCUT2D eigenvalue weighted by Gasteiger charge is -2.35. The molecule has 2 rings (SSSR count). The summed E-state index contributed by atoms with van der Waals surface area (Å²) in [6, 6.07) is 3.75. The van der Waals surface area contributed by atoms with E-state index in [1.165, 1.54) is 19.3 Å². The van der Waals surface area contributed by atoms with Gasteiger partial charge in [-0.25, -0.2) is 0 Å². The Labute approximate surface area is 163 Å². The lowest BCUT2D eigenvalue weighted by atomic mass is 9.99. The first-order valence-corrected chi connectivity index (χ1v) is 9.82. The fraction of sp³-hybridized carbons (Fsp3) is 0.667. The number of carbonyl (C=O) groups excluding carboxylic acids is 1. The van der Waals surface area contributed by atoms with Gasteiger partial charge in [-0.3, -0.25) is 9.69 Å². The first kappa shape index (κ1) is 21.4. The minimum atomic E-state index is -0.125. The highest BCUT2D eigenvalue weighted by molar-refractivity contribution is 5.95. The molecular weight excluding hydrogens is 344 g/mol. The number of hydrogen-bond donors (Lipinski definition) is 1. The van der Waals surface area contributed by atoms with Gasteiger partial charge in [0.1, 0.15) is 0 Å². The number of nitrogens with zero attached hydrogens (tertiary/aromatic N) is 1. The normalized spacial score (nSPS) is 16.1. The summed E-state index contributed by atoms with van der Waals surface area (Å²) in [5.41, 5.74) is 0.506. The fourth-order valence-electron chi connectivity index (χ4n) is 3.71. The van der Waals surface area contributed by atoms with Gasteiger partial charge in [-0.15, -0.1) is 0 Å². The maximum absolute atomic E-state index is 12.8. The minimum Gasteiger partial charge on any atom is -0.493 e. The van der Waals surface area contributed by atoms with Crippen LogP contribution in [0.25, 0.3) is 0 Å². The summed E-state index contributed by atoms with van der Waals surface area (Å²) in [7, 11) is 4.65. The molecule has 1 aromatic rings. The average molecular weight is 379 g/mol. The minimum absolute atomic E-state index is 0.125. The Bertz CT molecular complexity index is 587. The molecular formula is C21H34N2O4. The van der Waals surface area contributed by atoms with Crippen molar-refractivity contribution in [3.8, 4) is 17.2 Å². The molecule has 1 atom stereocenters. The second-order valence-electron chi connectivity index (χ2n) is 7.50. The van der Waals surface area contributed by atoms with E-state index in [1.54, 1.807) is 33.5 Å². The lowest BCUT2D eigenvalue weighted by molar-refractivity contribution is 0.0912. The molecule has 1 heterocycles. The third kappa shape index (κ3) is 5.76. The smallest absolute Gasteiger partial charge is 0.251 e. The number of carbonyl (C=O) groups is 1. The predicted molar refractivity (Wildman–Crippen MR) is 107 cm³/mol. The highest BCUT2D eigenvalue weighted by Crippen LogP contribution is 2.38. The molecule has 0 bridgehead atoms. The van der Waals surface area contributed by atoms with Gasteiger partial charge < -0.3 is 19.5 Å². The summed E-state index contributed by atoms with van der Waals surface area (Å²) in [5.74, 6) is 1.92. The molecule has 1 fully saturated rings. The number of methoxy groups -OCH3 is 3. The van der Waals surface area contributed by atoms with Crippen molar-refractivity contribution in [1.82, 2.24) is 10.2 Å². The van der Waals surface area contributed by atoms with Gasteiger partial charge in [-0.05, 0) is 50.4 Å². The van der Waals surface area contributed by atoms with Crippen LogP contribution < -0.4 is 19.5 Å². The maximum Gasteiger partial charge on any atom is 0.251 e. The number of ether oxygens (including phenoxy) is 3. The van der Waals surface area contributed by atoms with Crippen LogP contribution in [0.15, 0.2) is 12.1 Å². The number of benzene rings is 1. The summed E-state index contributed by atoms with van der Waals surface area (Å²) in [6.45, 7) is 7.36. The zero-order valence-electron chi connectivity index (χ0n) is 17.3. The summed E-state index contributed by atoms with van der Waals surface area (Å²) >= 11 is 0. The van der Waals surface area contributed by atoms with Crippen LogP contribution in [0.3, 0.4) is 0 Å². The number of nitrogens with one attached hydrogen (secondary N) is 1. The summed E-state index contributed by atoms with van der Waals surface area (Å²) < 4.78 is 16.0. The summed E-state index contributed by atoms with van der Waals surface area (Å²) in [6.07, 6.45) is 4.88. The van der Waals surface area contributed by atoms with Crippen LogP contribution in [0.1, 0.15) is 49.9 Å². The Hall–Kier alpha value is -1.95. The average Bonchev–Trinajstić information content (AvgIpc) is 2.69. The Morgan fingerprint density at radius 2 is 1.63 bits per heavy atom. The van der Waals surface area contributed by atoms with Crippen LogP contribution in [0.5, 0.6) is 17.2 Å². The topological polar surface area (TPSA) is 60.0 Å². The molecule has 1 saturated heterocycles. The van der Waals surface area contributed by atoms with E-state index in [-0.39, 0.29) is 5.91 Å². The van der Waals surface area contributed by atoms with Crippen molar-refractivity contribution in [1.29, 1.82) is 0 Å². The quantitative estimate of drug-likeness (QED) is 0.714. The molecule has 27 heavy (non-hydrogen) atoms. The van der Waals surface area contributed by atoms with Gasteiger partial charge >= 0.3 is 0 Å². The van der Waals surface area contributed by atoms with Crippen molar-refractivity contribution in [2.24, 2.45) is 5.92 Å². The lowest BCUT2D eigenvalue weighted by Crippen LogP contribution is -2.46. The second-order valence-corrected chi connectivity index (χ2v) is 7.50. The van der Waals surface area contributed by atoms with Gasteiger partial charge in [0.2, 0.25) is 5.75 Å². The molecule has 1 aromatic carbocycles. The van der Waals surface area contributed by atoms with Gasteiger partial charge in [-0.2, -0.15) is 0 Å². The molecule has 6 nitrogen and oxygen atoms in total. The van der Waals surface area contributed by atoms with Gasteiger partial charge in [-0.1, -0.05) is 20.3 Å². The Balaban J connectivity index is 2.10. The Morgan fingerprint density at radius 1 is 1.04 bits per heavy atom. The van der Waals surface area contributed by atoms with Gasteiger partial charge in [0.05, 0.1) is 21.3 Å². The largest absolute Gasteiger partial charge is 0.493 e. The number of rotatable bonds is 9. The molecule has 152 valence electrons. The Kier molecular flexibility index (Phi) is 8.23. The molecule has 1 aliphatic heterocycles. The summed E-state index contributed by atoms with van der Waals surface area (Å²) in [4.78, 5) is 15.3. The molecule has 6 heteroatoms. The van der Waals surface area contributed by atoms with Crippen molar-refractivity contribution in [2.45, 2.75) is 45.6 Å². The molecule has 1 unspecified atom stereocenters. The fourth-order valence-corrected chi connectivity index (χ4v) is 3.71. The molecule has 1 amide bonds. The monoisotopic (exact) mass is 378 g/mol. The van der Waals surface area contributed by atoms with Crippen LogP contribution in [0.4, 0.5) is 0 Å². The number of likely N-dealkylation sites (tertiary alicyclic amines) is 1. The highest BCUT2D eigenvalue weighted by Gasteiger charge is 2.23. The van der Waals surface area contributed by atoms with Gasteiger partial charge in [0.25, 0.3) is 5.91 Å². The van der Waals surface area contributed by atoms with Crippen molar-refractivity contribution >= 4 is 5.91 Å². The van der Waals surface area contributed by atoms with Crippen LogP contribution in [-0.2, 0) is 0 Å². The predicted octanol–water partition coefficient (Wildman–Crippen LogP) is 3.34. The SMILES string of the molecule is COc1cc(C(=O)NCC(CC(C)C)N2CCCCC2)cc(OC)c1OC. The third-order valence-corrected chi connectivity index (χ3v) is 5.08. The molecule has 0 aromatic heterocycles. The third-order valence-electron chi connectivity index (χ3n) is 5.08. The highest BCUT2D eigenvalue weighted by atomic mass is 16.5. The van der Waals surface area contributed by atoms with E-state index in [0.29, 0.717) is 41.3 Å². The van der Waals surface area contributed by atoms with E-state index < -0.39 is 0 Å². The molecule has 1 N–H and O–H groups in total. The summed E-state index contributed by atoms with van der Waals surface area (Å²) in [5, 5.41) is 3.11. The molecule has 0 saturated carbocycles. The van der Waals surface area contributed by atoms with Gasteiger partial charge in [0.15, 0.2) is 11.5 Å². The van der Waals surface area contributed by atoms with Crippen LogP contribution in [0, 0.1) is 5.92 Å². The van der Waals surface area contributed by atoms with Crippen LogP contribution in [-0.4, -0.2) is 57.8 Å². The molecule has 0 spiro atoms. The number of hydrogen-bond acceptors (Lipinski definition) is 5. The Morgan fingerprint density at radius 3 is 2.11 bits per heavy atom. The van der Waals surface area contributed by atoms with E-state index >= 15 is 0 Å². The van der Waals surface area contributed by atoms with Crippen LogP contribution in [0.2, 0.25) is 0 Å². The number of piperidine rings is 1. The number of amides is 1. The van der Waals surface area contributed by atoms with E-state index in [1.807, 2.05) is 0 Å². The van der Waals surface area contributed by atoms with Crippen molar-refractivity contribution in [2.75, 3.05) is 41.0 Å². The molecule has 1 aliphatic rings. The van der Waals surface area contributed by atoms with E-state index in [4.69, 9.17) is 14.2 Å². The van der Waals surface area contributed by atoms with E-state index in [0.717, 1.165) is 19.5 Å². The molecule has 0 aliphatic carbocycles. The molecule has 0 radical (unpaired) electrons. The van der Waals surface area contributed by atoms with Crippen LogP contribution >= 0.6 is 0 Å². The standard InChI is InChI=1S/C21H34N2O4/c1-15(2)11-17(23-9-7-6-8-10-23)14-22-21(24)16-12-18(25-3)20(27-5)19(13-16)26-4/h12-13,15,17H,6-11,14H2,1-5H3,(H,22,24). The second kappa shape index (κ2) is 10.4. The van der Waals surface area contributed by atoms with Crippen molar-refractivity contribution < 1.29 is 19.0 Å². The zero-order chi connectivity index (χ0) is 19.8. The van der Waals surface area contributed by atoms with Crippen molar-refractivity contribution in [3.05, 3.63) is 17.7 Å². The van der Waals surface area contributed by atoms with E-state index in [9.17, 15) is 4.79 Å². The van der Waals surface area contributed by atoms with E-state index in [2.05, 4.69) is 24.1 Å². The zero-order valence-corrected chi connectivity index (χ0v) is 17.3. The first-order valence-electron chi connectivity index (χ1n) is 9.82. The maximum atomic E-state index is 12.8. The van der Waals surface area contributed by atoms with Gasteiger partial charge in [0, 0.05) is 18.2 Å². The first-order chi connectivity index (χ1) is 13.0.